The second kappa shape index (κ2) is 6.35. The standard InChI is InChI=1S/C18H13F3N6/c1-11-7-12(14-10-24-27-15(14)3-2-5-23-27)9-13(8-11)25-17-22-6-4-16(26-17)18(19,20)21/h2-10H,1H3,(H,22,25,26). The third-order valence-corrected chi connectivity index (χ3v) is 3.89. The molecule has 9 heteroatoms. The van der Waals surface area contributed by atoms with Crippen molar-refractivity contribution < 1.29 is 13.2 Å². The number of aryl methyl sites for hydroxylation is 1. The molecule has 3 aromatic heterocycles. The SMILES string of the molecule is Cc1cc(Nc2nccc(C(F)(F)F)n2)cc(-c2cnn3ncccc23)c1. The molecule has 1 N–H and O–H groups in total. The van der Waals surface area contributed by atoms with Crippen molar-refractivity contribution in [1.29, 1.82) is 0 Å². The number of alkyl halides is 3. The molecule has 3 heterocycles. The lowest BCUT2D eigenvalue weighted by Gasteiger charge is -2.10. The lowest BCUT2D eigenvalue weighted by Crippen LogP contribution is -2.10. The van der Waals surface area contributed by atoms with E-state index in [9.17, 15) is 13.2 Å². The summed E-state index contributed by atoms with van der Waals surface area (Å²) in [6, 6.07) is 10.1. The number of fused-ring (bicyclic) bond motifs is 1. The van der Waals surface area contributed by atoms with Crippen LogP contribution in [0.5, 0.6) is 0 Å². The van der Waals surface area contributed by atoms with Gasteiger partial charge in [0.2, 0.25) is 5.95 Å². The lowest BCUT2D eigenvalue weighted by atomic mass is 10.0. The fourth-order valence-corrected chi connectivity index (χ4v) is 2.77. The average molecular weight is 370 g/mol. The molecule has 0 amide bonds. The Hall–Kier alpha value is -3.49. The molecule has 136 valence electrons. The van der Waals surface area contributed by atoms with E-state index in [-0.39, 0.29) is 5.95 Å². The number of nitrogens with zero attached hydrogens (tertiary/aromatic N) is 5. The molecule has 27 heavy (non-hydrogen) atoms. The van der Waals surface area contributed by atoms with E-state index in [1.54, 1.807) is 24.5 Å². The lowest BCUT2D eigenvalue weighted by molar-refractivity contribution is -0.141. The highest BCUT2D eigenvalue weighted by atomic mass is 19.4. The topological polar surface area (TPSA) is 68.0 Å². The molecule has 0 radical (unpaired) electrons. The molecule has 6 nitrogen and oxygen atoms in total. The van der Waals surface area contributed by atoms with Crippen LogP contribution in [0.1, 0.15) is 11.3 Å². The van der Waals surface area contributed by atoms with E-state index in [0.29, 0.717) is 5.69 Å². The Labute approximate surface area is 151 Å². The minimum absolute atomic E-state index is 0.122. The zero-order valence-corrected chi connectivity index (χ0v) is 14.1. The quantitative estimate of drug-likeness (QED) is 0.584. The number of anilines is 2. The highest BCUT2D eigenvalue weighted by molar-refractivity contribution is 5.82. The van der Waals surface area contributed by atoms with Gasteiger partial charge in [-0.3, -0.25) is 0 Å². The molecule has 0 aliphatic heterocycles. The highest BCUT2D eigenvalue weighted by Gasteiger charge is 2.32. The first-order valence-electron chi connectivity index (χ1n) is 7.98. The Morgan fingerprint density at radius 2 is 1.89 bits per heavy atom. The largest absolute Gasteiger partial charge is 0.433 e. The monoisotopic (exact) mass is 370 g/mol. The average Bonchev–Trinajstić information content (AvgIpc) is 3.05. The van der Waals surface area contributed by atoms with Crippen molar-refractivity contribution in [3.05, 3.63) is 66.2 Å². The summed E-state index contributed by atoms with van der Waals surface area (Å²) in [7, 11) is 0. The van der Waals surface area contributed by atoms with Gasteiger partial charge in [0, 0.05) is 23.6 Å². The summed E-state index contributed by atoms with van der Waals surface area (Å²) >= 11 is 0. The molecule has 0 fully saturated rings. The Morgan fingerprint density at radius 3 is 2.70 bits per heavy atom. The van der Waals surface area contributed by atoms with Gasteiger partial charge in [-0.2, -0.15) is 28.0 Å². The highest BCUT2D eigenvalue weighted by Crippen LogP contribution is 2.30. The van der Waals surface area contributed by atoms with Gasteiger partial charge in [-0.1, -0.05) is 6.07 Å². The van der Waals surface area contributed by atoms with E-state index < -0.39 is 11.9 Å². The van der Waals surface area contributed by atoms with Crippen molar-refractivity contribution in [1.82, 2.24) is 24.8 Å². The van der Waals surface area contributed by atoms with E-state index in [2.05, 4.69) is 25.5 Å². The Bertz CT molecular complexity index is 1120. The Kier molecular flexibility index (Phi) is 3.98. The minimum Gasteiger partial charge on any atom is -0.324 e. The maximum Gasteiger partial charge on any atom is 0.433 e. The first kappa shape index (κ1) is 17.0. The Morgan fingerprint density at radius 1 is 1.04 bits per heavy atom. The van der Waals surface area contributed by atoms with Gasteiger partial charge in [-0.25, -0.2) is 9.97 Å². The molecular weight excluding hydrogens is 357 g/mol. The summed E-state index contributed by atoms with van der Waals surface area (Å²) in [4.78, 5) is 7.41. The molecule has 4 rings (SSSR count). The van der Waals surface area contributed by atoms with Crippen molar-refractivity contribution in [3.63, 3.8) is 0 Å². The van der Waals surface area contributed by atoms with Crippen molar-refractivity contribution in [2.24, 2.45) is 0 Å². The normalized spacial score (nSPS) is 11.7. The number of benzene rings is 1. The number of hydrogen-bond acceptors (Lipinski definition) is 5. The van der Waals surface area contributed by atoms with Gasteiger partial charge in [0.15, 0.2) is 0 Å². The van der Waals surface area contributed by atoms with Crippen LogP contribution in [0.15, 0.2) is 55.0 Å². The van der Waals surface area contributed by atoms with Crippen LogP contribution in [0.2, 0.25) is 0 Å². The van der Waals surface area contributed by atoms with Crippen LogP contribution in [-0.2, 0) is 6.18 Å². The van der Waals surface area contributed by atoms with Gasteiger partial charge < -0.3 is 5.32 Å². The van der Waals surface area contributed by atoms with Crippen LogP contribution in [0, 0.1) is 6.92 Å². The van der Waals surface area contributed by atoms with Crippen LogP contribution in [0.4, 0.5) is 24.8 Å². The molecule has 0 bridgehead atoms. The van der Waals surface area contributed by atoms with Gasteiger partial charge in [0.25, 0.3) is 0 Å². The van der Waals surface area contributed by atoms with Crippen molar-refractivity contribution >= 4 is 17.2 Å². The van der Waals surface area contributed by atoms with Crippen LogP contribution in [-0.4, -0.2) is 24.8 Å². The van der Waals surface area contributed by atoms with E-state index in [1.165, 1.54) is 4.63 Å². The minimum atomic E-state index is -4.53. The predicted octanol–water partition coefficient (Wildman–Crippen LogP) is 4.26. The number of aromatic nitrogens is 5. The smallest absolute Gasteiger partial charge is 0.324 e. The maximum atomic E-state index is 12.8. The summed E-state index contributed by atoms with van der Waals surface area (Å²) in [5.74, 6) is -0.122. The second-order valence-electron chi connectivity index (χ2n) is 5.93. The Balaban J connectivity index is 1.71. The molecule has 0 saturated heterocycles. The third-order valence-electron chi connectivity index (χ3n) is 3.89. The molecule has 0 spiro atoms. The van der Waals surface area contributed by atoms with Crippen LogP contribution >= 0.6 is 0 Å². The van der Waals surface area contributed by atoms with Gasteiger partial charge in [-0.15, -0.1) is 0 Å². The van der Waals surface area contributed by atoms with E-state index >= 15 is 0 Å². The number of halogens is 3. The number of hydrogen-bond donors (Lipinski definition) is 1. The zero-order valence-electron chi connectivity index (χ0n) is 14.1. The fourth-order valence-electron chi connectivity index (χ4n) is 2.77. The van der Waals surface area contributed by atoms with Crippen LogP contribution < -0.4 is 5.32 Å². The molecule has 1 aromatic carbocycles. The second-order valence-corrected chi connectivity index (χ2v) is 5.93. The predicted molar refractivity (Wildman–Crippen MR) is 93.5 cm³/mol. The van der Waals surface area contributed by atoms with Gasteiger partial charge in [-0.05, 0) is 48.4 Å². The summed E-state index contributed by atoms with van der Waals surface area (Å²) in [5, 5.41) is 11.2. The number of rotatable bonds is 3. The van der Waals surface area contributed by atoms with E-state index in [1.807, 2.05) is 25.1 Å². The molecule has 0 saturated carbocycles. The third kappa shape index (κ3) is 3.43. The molecule has 4 aromatic rings. The fraction of sp³-hybridized carbons (Fsp3) is 0.111. The van der Waals surface area contributed by atoms with E-state index in [4.69, 9.17) is 0 Å². The van der Waals surface area contributed by atoms with Crippen LogP contribution in [0.3, 0.4) is 0 Å². The zero-order chi connectivity index (χ0) is 19.0. The molecule has 0 unspecified atom stereocenters. The van der Waals surface area contributed by atoms with Crippen LogP contribution in [0.25, 0.3) is 16.6 Å². The molecule has 0 aliphatic rings. The summed E-state index contributed by atoms with van der Waals surface area (Å²) in [6.07, 6.45) is -0.118. The molecule has 0 aliphatic carbocycles. The molecular formula is C18H13F3N6. The number of nitrogens with one attached hydrogen (secondary N) is 1. The van der Waals surface area contributed by atoms with Crippen molar-refractivity contribution in [3.8, 4) is 11.1 Å². The van der Waals surface area contributed by atoms with Gasteiger partial charge in [0.1, 0.15) is 5.69 Å². The van der Waals surface area contributed by atoms with E-state index in [0.717, 1.165) is 34.5 Å². The summed E-state index contributed by atoms with van der Waals surface area (Å²) in [6.45, 7) is 1.89. The first-order valence-corrected chi connectivity index (χ1v) is 7.98. The maximum absolute atomic E-state index is 12.8. The van der Waals surface area contributed by atoms with Crippen molar-refractivity contribution in [2.45, 2.75) is 13.1 Å². The van der Waals surface area contributed by atoms with Crippen molar-refractivity contribution in [2.75, 3.05) is 5.32 Å². The van der Waals surface area contributed by atoms with Gasteiger partial charge in [0.05, 0.1) is 11.7 Å². The van der Waals surface area contributed by atoms with Gasteiger partial charge >= 0.3 is 6.18 Å². The first-order chi connectivity index (χ1) is 12.9. The molecule has 0 atom stereocenters. The summed E-state index contributed by atoms with van der Waals surface area (Å²) in [5.41, 5.74) is 3.04. The summed E-state index contributed by atoms with van der Waals surface area (Å²) < 4.78 is 40.0.